The van der Waals surface area contributed by atoms with Crippen molar-refractivity contribution in [3.63, 3.8) is 0 Å². The predicted molar refractivity (Wildman–Crippen MR) is 113 cm³/mol. The molecule has 0 aliphatic heterocycles. The van der Waals surface area contributed by atoms with Crippen LogP contribution in [0.15, 0.2) is 24.3 Å². The highest BCUT2D eigenvalue weighted by molar-refractivity contribution is 5.08. The molecule has 0 aromatic heterocycles. The van der Waals surface area contributed by atoms with Crippen LogP contribution in [0.4, 0.5) is 0 Å². The first-order chi connectivity index (χ1) is 12.6. The zero-order valence-corrected chi connectivity index (χ0v) is 17.4. The lowest BCUT2D eigenvalue weighted by atomic mass is 9.69. The van der Waals surface area contributed by atoms with Crippen molar-refractivity contribution >= 4 is 0 Å². The normalized spacial score (nSPS) is 41.1. The molecular weight excluding hydrogens is 312 g/mol. The Morgan fingerprint density at radius 2 is 1.19 bits per heavy atom. The van der Waals surface area contributed by atoms with Crippen molar-refractivity contribution in [3.05, 3.63) is 24.3 Å². The van der Waals surface area contributed by atoms with Crippen LogP contribution in [0.2, 0.25) is 0 Å². The van der Waals surface area contributed by atoms with Crippen molar-refractivity contribution in [1.82, 2.24) is 0 Å². The molecule has 4 aliphatic rings. The van der Waals surface area contributed by atoms with E-state index in [2.05, 4.69) is 20.1 Å². The van der Waals surface area contributed by atoms with Crippen molar-refractivity contribution in [3.8, 4) is 0 Å². The second kappa shape index (κ2) is 8.24. The summed E-state index contributed by atoms with van der Waals surface area (Å²) < 4.78 is 0. The zero-order chi connectivity index (χ0) is 18.1. The van der Waals surface area contributed by atoms with E-state index in [4.69, 9.17) is 0 Å². The highest BCUT2D eigenvalue weighted by Crippen LogP contribution is 2.50. The first-order valence-electron chi connectivity index (χ1n) is 11.9. The lowest BCUT2D eigenvalue weighted by Crippen LogP contribution is -2.25. The van der Waals surface area contributed by atoms with Gasteiger partial charge in [0.25, 0.3) is 0 Å². The van der Waals surface area contributed by atoms with Crippen LogP contribution in [0.25, 0.3) is 0 Å². The summed E-state index contributed by atoms with van der Waals surface area (Å²) in [5, 5.41) is 0. The molecule has 26 heavy (non-hydrogen) atoms. The first kappa shape index (κ1) is 18.8. The Kier molecular flexibility index (Phi) is 5.96. The number of allylic oxidation sites excluding steroid dienone is 2. The van der Waals surface area contributed by atoms with E-state index in [0.29, 0.717) is 0 Å². The van der Waals surface area contributed by atoms with Crippen molar-refractivity contribution in [2.75, 3.05) is 0 Å². The number of hydrogen-bond acceptors (Lipinski definition) is 0. The molecule has 146 valence electrons. The summed E-state index contributed by atoms with van der Waals surface area (Å²) in [7, 11) is 0. The Morgan fingerprint density at radius 1 is 0.731 bits per heavy atom. The van der Waals surface area contributed by atoms with Gasteiger partial charge >= 0.3 is 0 Å². The average molecular weight is 355 g/mol. The maximum atomic E-state index is 4.30. The molecular formula is C26H42. The van der Waals surface area contributed by atoms with Crippen LogP contribution in [0.3, 0.4) is 0 Å². The molecule has 0 spiro atoms. The van der Waals surface area contributed by atoms with Gasteiger partial charge in [0.2, 0.25) is 0 Å². The van der Waals surface area contributed by atoms with Crippen LogP contribution in [-0.2, 0) is 0 Å². The van der Waals surface area contributed by atoms with Crippen molar-refractivity contribution in [1.29, 1.82) is 0 Å². The second-order valence-corrected chi connectivity index (χ2v) is 10.8. The van der Waals surface area contributed by atoms with Gasteiger partial charge in [-0.05, 0) is 106 Å². The van der Waals surface area contributed by atoms with E-state index in [-0.39, 0.29) is 0 Å². The molecule has 4 fully saturated rings. The van der Waals surface area contributed by atoms with E-state index in [9.17, 15) is 0 Å². The van der Waals surface area contributed by atoms with Crippen molar-refractivity contribution in [2.24, 2.45) is 41.4 Å². The van der Waals surface area contributed by atoms with Crippen LogP contribution in [0.5, 0.6) is 0 Å². The van der Waals surface area contributed by atoms with E-state index in [1.54, 1.807) is 24.0 Å². The minimum absolute atomic E-state index is 1.00. The lowest BCUT2D eigenvalue weighted by molar-refractivity contribution is 0.145. The third kappa shape index (κ3) is 4.31. The van der Waals surface area contributed by atoms with E-state index in [1.165, 1.54) is 77.0 Å². The van der Waals surface area contributed by atoms with Gasteiger partial charge in [-0.15, -0.1) is 0 Å². The van der Waals surface area contributed by atoms with Crippen LogP contribution < -0.4 is 0 Å². The Balaban J connectivity index is 1.29. The van der Waals surface area contributed by atoms with Gasteiger partial charge in [-0.1, -0.05) is 56.9 Å². The van der Waals surface area contributed by atoms with Gasteiger partial charge in [-0.3, -0.25) is 0 Å². The number of hydrogen-bond donors (Lipinski definition) is 0. The summed E-state index contributed by atoms with van der Waals surface area (Å²) in [6.45, 7) is 11.0. The molecule has 0 aromatic rings. The van der Waals surface area contributed by atoms with Gasteiger partial charge in [0.05, 0.1) is 0 Å². The third-order valence-electron chi connectivity index (χ3n) is 8.73. The summed E-state index contributed by atoms with van der Waals surface area (Å²) in [5.41, 5.74) is 3.11. The molecule has 0 radical (unpaired) electrons. The lowest BCUT2D eigenvalue weighted by Gasteiger charge is -2.36. The van der Waals surface area contributed by atoms with E-state index < -0.39 is 0 Å². The Labute approximate surface area is 162 Å². The zero-order valence-electron chi connectivity index (χ0n) is 17.4. The fourth-order valence-electron chi connectivity index (χ4n) is 7.65. The molecule has 0 saturated heterocycles. The minimum atomic E-state index is 1.00. The van der Waals surface area contributed by atoms with Crippen LogP contribution in [-0.4, -0.2) is 0 Å². The topological polar surface area (TPSA) is 0 Å². The molecule has 0 bridgehead atoms. The molecule has 0 amide bonds. The molecule has 7 atom stereocenters. The Morgan fingerprint density at radius 3 is 1.65 bits per heavy atom. The minimum Gasteiger partial charge on any atom is -0.0998 e. The monoisotopic (exact) mass is 354 g/mol. The standard InChI is InChI=1S/C26H42/c1-4-5-20(14-21-6-8-23-10-18(2)12-25(23)16-21)15-22-7-9-24-11-19(3)13-26(24)17-22/h20-26H,2-17H2,1H3/t20?,21-,22?,23?,24?,25+,26+/m0/s1. The second-order valence-electron chi connectivity index (χ2n) is 10.8. The summed E-state index contributed by atoms with van der Waals surface area (Å²) >= 11 is 0. The van der Waals surface area contributed by atoms with E-state index in [0.717, 1.165) is 41.4 Å². The highest BCUT2D eigenvalue weighted by atomic mass is 14.4. The molecule has 0 aromatic carbocycles. The molecule has 0 heteroatoms. The van der Waals surface area contributed by atoms with Gasteiger partial charge in [0, 0.05) is 0 Å². The average Bonchev–Trinajstić information content (AvgIpc) is 3.14. The molecule has 0 heterocycles. The molecule has 4 aliphatic carbocycles. The third-order valence-corrected chi connectivity index (χ3v) is 8.73. The number of fused-ring (bicyclic) bond motifs is 2. The SMILES string of the molecule is C=C1CC2CCC(CC(CCC)C[C@@H]3CCC4CC(=C)C[C@@H]4C3)C[C@H]2C1. The highest BCUT2D eigenvalue weighted by Gasteiger charge is 2.38. The molecule has 4 rings (SSSR count). The largest absolute Gasteiger partial charge is 0.0998 e. The van der Waals surface area contributed by atoms with Gasteiger partial charge in [-0.25, -0.2) is 0 Å². The molecule has 0 nitrogen and oxygen atoms in total. The van der Waals surface area contributed by atoms with Crippen LogP contribution >= 0.6 is 0 Å². The van der Waals surface area contributed by atoms with Gasteiger partial charge in [-0.2, -0.15) is 0 Å². The molecule has 4 saturated carbocycles. The van der Waals surface area contributed by atoms with Crippen LogP contribution in [0, 0.1) is 41.4 Å². The summed E-state index contributed by atoms with van der Waals surface area (Å²) in [4.78, 5) is 0. The smallest absolute Gasteiger partial charge is 0.0292 e. The predicted octanol–water partition coefficient (Wildman–Crippen LogP) is 7.95. The summed E-state index contributed by atoms with van der Waals surface area (Å²) in [6.07, 6.45) is 20.5. The van der Waals surface area contributed by atoms with Crippen molar-refractivity contribution in [2.45, 2.75) is 96.8 Å². The Hall–Kier alpha value is -0.520. The first-order valence-corrected chi connectivity index (χ1v) is 11.9. The van der Waals surface area contributed by atoms with E-state index >= 15 is 0 Å². The van der Waals surface area contributed by atoms with Gasteiger partial charge in [0.15, 0.2) is 0 Å². The molecule has 4 unspecified atom stereocenters. The summed E-state index contributed by atoms with van der Waals surface area (Å²) in [5.74, 6) is 7.09. The Bertz CT molecular complexity index is 470. The maximum Gasteiger partial charge on any atom is -0.0292 e. The maximum absolute atomic E-state index is 4.30. The molecule has 0 N–H and O–H groups in total. The quantitative estimate of drug-likeness (QED) is 0.424. The van der Waals surface area contributed by atoms with Gasteiger partial charge in [0.1, 0.15) is 0 Å². The van der Waals surface area contributed by atoms with Gasteiger partial charge < -0.3 is 0 Å². The van der Waals surface area contributed by atoms with Crippen molar-refractivity contribution < 1.29 is 0 Å². The fourth-order valence-corrected chi connectivity index (χ4v) is 7.65. The fraction of sp³-hybridized carbons (Fsp3) is 0.846. The summed E-state index contributed by atoms with van der Waals surface area (Å²) in [6, 6.07) is 0. The number of rotatable bonds is 6. The van der Waals surface area contributed by atoms with E-state index in [1.807, 2.05) is 0 Å². The van der Waals surface area contributed by atoms with Crippen LogP contribution in [0.1, 0.15) is 96.8 Å².